The van der Waals surface area contributed by atoms with Gasteiger partial charge >= 0.3 is 6.18 Å². The van der Waals surface area contributed by atoms with E-state index in [4.69, 9.17) is 0 Å². The molecule has 0 aliphatic carbocycles. The van der Waals surface area contributed by atoms with Gasteiger partial charge in [-0.05, 0) is 17.7 Å². The second-order valence-electron chi connectivity index (χ2n) is 4.95. The third kappa shape index (κ3) is 2.73. The molecule has 5 heteroatoms. The van der Waals surface area contributed by atoms with Crippen LogP contribution in [0.15, 0.2) is 42.5 Å². The van der Waals surface area contributed by atoms with Crippen LogP contribution < -0.4 is 0 Å². The Kier molecular flexibility index (Phi) is 3.54. The van der Waals surface area contributed by atoms with Crippen molar-refractivity contribution in [2.24, 2.45) is 0 Å². The van der Waals surface area contributed by atoms with E-state index in [0.717, 1.165) is 22.8 Å². The first-order valence-corrected chi connectivity index (χ1v) is 7.59. The topological polar surface area (TPSA) is 4.93 Å². The number of halogens is 3. The molecule has 0 bridgehead atoms. The molecule has 1 aliphatic rings. The predicted octanol–water partition coefficient (Wildman–Crippen LogP) is 4.55. The van der Waals surface area contributed by atoms with Crippen LogP contribution in [-0.4, -0.2) is 22.2 Å². The lowest BCUT2D eigenvalue weighted by Gasteiger charge is -2.27. The first-order chi connectivity index (χ1) is 9.54. The lowest BCUT2D eigenvalue weighted by atomic mass is 10.1. The van der Waals surface area contributed by atoms with Crippen molar-refractivity contribution in [2.75, 3.05) is 11.5 Å². The first-order valence-electron chi connectivity index (χ1n) is 6.44. The monoisotopic (exact) mass is 297 g/mol. The normalized spacial score (nSPS) is 16.1. The molecule has 1 aromatic heterocycles. The van der Waals surface area contributed by atoms with Crippen molar-refractivity contribution in [3.05, 3.63) is 48.2 Å². The summed E-state index contributed by atoms with van der Waals surface area (Å²) >= 11 is 1.78. The lowest BCUT2D eigenvalue weighted by Crippen LogP contribution is -2.25. The maximum atomic E-state index is 12.9. The van der Waals surface area contributed by atoms with Gasteiger partial charge in [0.25, 0.3) is 0 Å². The number of thioether (sulfide) groups is 1. The van der Waals surface area contributed by atoms with Gasteiger partial charge in [0, 0.05) is 28.8 Å². The Labute approximate surface area is 119 Å². The van der Waals surface area contributed by atoms with Gasteiger partial charge < -0.3 is 4.57 Å². The Morgan fingerprint density at radius 2 is 1.75 bits per heavy atom. The van der Waals surface area contributed by atoms with Crippen LogP contribution in [0.1, 0.15) is 11.6 Å². The summed E-state index contributed by atoms with van der Waals surface area (Å²) in [6.07, 6.45) is -4.20. The molecular weight excluding hydrogens is 283 g/mol. The van der Waals surface area contributed by atoms with Crippen molar-refractivity contribution in [1.82, 2.24) is 4.57 Å². The minimum Gasteiger partial charge on any atom is -0.335 e. The highest BCUT2D eigenvalue weighted by Crippen LogP contribution is 2.38. The zero-order valence-electron chi connectivity index (χ0n) is 10.7. The fraction of sp³-hybridized carbons (Fsp3) is 0.333. The van der Waals surface area contributed by atoms with Crippen molar-refractivity contribution in [1.29, 1.82) is 0 Å². The number of aromatic nitrogens is 1. The lowest BCUT2D eigenvalue weighted by molar-refractivity contribution is -0.140. The molecule has 1 fully saturated rings. The molecule has 3 rings (SSSR count). The molecule has 1 aliphatic heterocycles. The van der Waals surface area contributed by atoms with Gasteiger partial charge in [0.15, 0.2) is 0 Å². The zero-order chi connectivity index (χ0) is 14.2. The number of nitrogens with zero attached hydrogens (tertiary/aromatic N) is 1. The SMILES string of the molecule is FC(F)(F)Cn1c(-c2ccccc2)ccc1C1CSC1. The summed E-state index contributed by atoms with van der Waals surface area (Å²) in [5, 5.41) is 0. The van der Waals surface area contributed by atoms with E-state index in [1.807, 2.05) is 36.4 Å². The summed E-state index contributed by atoms with van der Waals surface area (Å²) in [5.41, 5.74) is 2.28. The Hall–Kier alpha value is -1.36. The van der Waals surface area contributed by atoms with Crippen LogP contribution in [-0.2, 0) is 6.54 Å². The smallest absolute Gasteiger partial charge is 0.335 e. The van der Waals surface area contributed by atoms with E-state index in [2.05, 4.69) is 0 Å². The van der Waals surface area contributed by atoms with Gasteiger partial charge in [-0.15, -0.1) is 0 Å². The molecule has 1 nitrogen and oxygen atoms in total. The second kappa shape index (κ2) is 5.20. The molecule has 2 heterocycles. The number of benzene rings is 1. The molecule has 0 radical (unpaired) electrons. The summed E-state index contributed by atoms with van der Waals surface area (Å²) in [4.78, 5) is 0. The fourth-order valence-electron chi connectivity index (χ4n) is 2.46. The maximum Gasteiger partial charge on any atom is 0.406 e. The molecule has 0 amide bonds. The Bertz CT molecular complexity index is 585. The standard InChI is InChI=1S/C15H14F3NS/c16-15(17,18)10-19-13(11-4-2-1-3-5-11)6-7-14(19)12-8-20-9-12/h1-7,12H,8-10H2. The first kappa shape index (κ1) is 13.6. The average Bonchev–Trinajstić information content (AvgIpc) is 2.70. The molecule has 0 unspecified atom stereocenters. The van der Waals surface area contributed by atoms with E-state index in [0.29, 0.717) is 5.69 Å². The summed E-state index contributed by atoms with van der Waals surface area (Å²) < 4.78 is 40.0. The van der Waals surface area contributed by atoms with Crippen LogP contribution in [0.4, 0.5) is 13.2 Å². The van der Waals surface area contributed by atoms with Crippen LogP contribution in [0.3, 0.4) is 0 Å². The molecule has 0 saturated carbocycles. The van der Waals surface area contributed by atoms with E-state index in [-0.39, 0.29) is 5.92 Å². The van der Waals surface area contributed by atoms with Crippen LogP contribution >= 0.6 is 11.8 Å². The number of alkyl halides is 3. The van der Waals surface area contributed by atoms with Crippen LogP contribution in [0.25, 0.3) is 11.3 Å². The molecule has 2 aromatic rings. The number of hydrogen-bond donors (Lipinski definition) is 0. The summed E-state index contributed by atoms with van der Waals surface area (Å²) in [7, 11) is 0. The van der Waals surface area contributed by atoms with Gasteiger partial charge in [-0.2, -0.15) is 24.9 Å². The van der Waals surface area contributed by atoms with Crippen LogP contribution in [0.2, 0.25) is 0 Å². The molecule has 0 spiro atoms. The van der Waals surface area contributed by atoms with Crippen molar-refractivity contribution in [3.8, 4) is 11.3 Å². The highest BCUT2D eigenvalue weighted by Gasteiger charge is 2.32. The van der Waals surface area contributed by atoms with E-state index in [1.54, 1.807) is 17.8 Å². The van der Waals surface area contributed by atoms with E-state index in [9.17, 15) is 13.2 Å². The summed E-state index contributed by atoms with van der Waals surface area (Å²) in [6, 6.07) is 12.9. The summed E-state index contributed by atoms with van der Waals surface area (Å²) in [5.74, 6) is 2.08. The quantitative estimate of drug-likeness (QED) is 0.804. The fourth-order valence-corrected chi connectivity index (χ4v) is 3.28. The predicted molar refractivity (Wildman–Crippen MR) is 76.0 cm³/mol. The molecule has 0 atom stereocenters. The van der Waals surface area contributed by atoms with Crippen molar-refractivity contribution < 1.29 is 13.2 Å². The van der Waals surface area contributed by atoms with Gasteiger partial charge in [-0.25, -0.2) is 0 Å². The van der Waals surface area contributed by atoms with Crippen molar-refractivity contribution in [3.63, 3.8) is 0 Å². The second-order valence-corrected chi connectivity index (χ2v) is 6.02. The molecule has 106 valence electrons. The van der Waals surface area contributed by atoms with Crippen molar-refractivity contribution >= 4 is 11.8 Å². The Balaban J connectivity index is 2.03. The van der Waals surface area contributed by atoms with Crippen molar-refractivity contribution in [2.45, 2.75) is 18.6 Å². The molecule has 1 aromatic carbocycles. The Morgan fingerprint density at radius 1 is 1.05 bits per heavy atom. The minimum absolute atomic E-state index is 0.250. The maximum absolute atomic E-state index is 12.9. The highest BCUT2D eigenvalue weighted by atomic mass is 32.2. The van der Waals surface area contributed by atoms with Gasteiger partial charge in [-0.1, -0.05) is 30.3 Å². The zero-order valence-corrected chi connectivity index (χ0v) is 11.5. The number of rotatable bonds is 3. The van der Waals surface area contributed by atoms with E-state index >= 15 is 0 Å². The molecule has 1 saturated heterocycles. The highest BCUT2D eigenvalue weighted by molar-refractivity contribution is 8.00. The third-order valence-corrected chi connectivity index (χ3v) is 4.75. The van der Waals surface area contributed by atoms with E-state index < -0.39 is 12.7 Å². The minimum atomic E-state index is -4.20. The number of hydrogen-bond acceptors (Lipinski definition) is 1. The largest absolute Gasteiger partial charge is 0.406 e. The average molecular weight is 297 g/mol. The van der Waals surface area contributed by atoms with Crippen LogP contribution in [0.5, 0.6) is 0 Å². The van der Waals surface area contributed by atoms with Gasteiger partial charge in [0.05, 0.1) is 0 Å². The van der Waals surface area contributed by atoms with Gasteiger partial charge in [0.2, 0.25) is 0 Å². The molecule has 0 N–H and O–H groups in total. The summed E-state index contributed by atoms with van der Waals surface area (Å²) in [6.45, 7) is -0.916. The molecular formula is C15H14F3NS. The third-order valence-electron chi connectivity index (χ3n) is 3.48. The van der Waals surface area contributed by atoms with E-state index in [1.165, 1.54) is 4.57 Å². The Morgan fingerprint density at radius 3 is 2.30 bits per heavy atom. The van der Waals surface area contributed by atoms with Gasteiger partial charge in [0.1, 0.15) is 6.54 Å². The molecule has 20 heavy (non-hydrogen) atoms. The van der Waals surface area contributed by atoms with Gasteiger partial charge in [-0.3, -0.25) is 0 Å². The van der Waals surface area contributed by atoms with Crippen LogP contribution in [0, 0.1) is 0 Å².